The Morgan fingerprint density at radius 3 is 2.58 bits per heavy atom. The third-order valence-electron chi connectivity index (χ3n) is 4.80. The van der Waals surface area contributed by atoms with Crippen molar-refractivity contribution in [3.05, 3.63) is 66.7 Å². The first kappa shape index (κ1) is 16.6. The molecule has 0 spiro atoms. The molecule has 0 radical (unpaired) electrons. The minimum atomic E-state index is 0.317. The van der Waals surface area contributed by atoms with Gasteiger partial charge in [-0.05, 0) is 42.8 Å². The molecule has 1 aliphatic heterocycles. The summed E-state index contributed by atoms with van der Waals surface area (Å²) in [7, 11) is 0. The van der Waals surface area contributed by atoms with Gasteiger partial charge in [0.05, 0.1) is 5.69 Å². The van der Waals surface area contributed by atoms with Gasteiger partial charge in [-0.3, -0.25) is 9.97 Å². The second kappa shape index (κ2) is 7.58. The Labute approximate surface area is 153 Å². The second-order valence-electron chi connectivity index (χ2n) is 6.70. The van der Waals surface area contributed by atoms with Crippen LogP contribution in [0.3, 0.4) is 0 Å². The van der Waals surface area contributed by atoms with E-state index in [-0.39, 0.29) is 0 Å². The fourth-order valence-electron chi connectivity index (χ4n) is 3.15. The first-order valence-electron chi connectivity index (χ1n) is 8.92. The lowest BCUT2D eigenvalue weighted by Gasteiger charge is -2.40. The zero-order valence-corrected chi connectivity index (χ0v) is 14.8. The Kier molecular flexibility index (Phi) is 4.84. The van der Waals surface area contributed by atoms with Gasteiger partial charge in [0, 0.05) is 61.9 Å². The normalized spacial score (nSPS) is 15.5. The molecule has 4 heterocycles. The molecule has 6 nitrogen and oxygen atoms in total. The Balaban J connectivity index is 1.27. The van der Waals surface area contributed by atoms with E-state index < -0.39 is 0 Å². The van der Waals surface area contributed by atoms with Crippen LogP contribution >= 0.6 is 0 Å². The largest absolute Gasteiger partial charge is 0.354 e. The van der Waals surface area contributed by atoms with E-state index in [0.717, 1.165) is 36.7 Å². The third kappa shape index (κ3) is 3.70. The number of rotatable bonds is 6. The molecule has 3 aromatic rings. The fourth-order valence-corrected chi connectivity index (χ4v) is 3.15. The summed E-state index contributed by atoms with van der Waals surface area (Å²) >= 11 is 0. The van der Waals surface area contributed by atoms with Crippen molar-refractivity contribution in [1.82, 2.24) is 25.5 Å². The van der Waals surface area contributed by atoms with Gasteiger partial charge in [0.1, 0.15) is 0 Å². The lowest BCUT2D eigenvalue weighted by Crippen LogP contribution is -2.51. The molecule has 1 aliphatic rings. The number of nitrogens with one attached hydrogen (secondary N) is 1. The molecule has 1 saturated heterocycles. The molecule has 1 unspecified atom stereocenters. The van der Waals surface area contributed by atoms with Crippen LogP contribution in [-0.4, -0.2) is 39.8 Å². The predicted octanol–water partition coefficient (Wildman–Crippen LogP) is 2.72. The lowest BCUT2D eigenvalue weighted by atomic mass is 9.99. The number of anilines is 1. The third-order valence-corrected chi connectivity index (χ3v) is 4.80. The predicted molar refractivity (Wildman–Crippen MR) is 102 cm³/mol. The highest BCUT2D eigenvalue weighted by Crippen LogP contribution is 2.24. The monoisotopic (exact) mass is 346 g/mol. The molecular weight excluding hydrogens is 324 g/mol. The Morgan fingerprint density at radius 2 is 1.88 bits per heavy atom. The first-order chi connectivity index (χ1) is 12.8. The van der Waals surface area contributed by atoms with E-state index in [1.54, 1.807) is 18.6 Å². The number of pyridine rings is 2. The first-order valence-corrected chi connectivity index (χ1v) is 8.92. The molecule has 0 aliphatic carbocycles. The fraction of sp³-hybridized carbons (Fsp3) is 0.300. The summed E-state index contributed by atoms with van der Waals surface area (Å²) in [6.45, 7) is 5.19. The molecule has 6 heteroatoms. The summed E-state index contributed by atoms with van der Waals surface area (Å²) in [5, 5.41) is 12.3. The maximum Gasteiger partial charge on any atom is 0.151 e. The van der Waals surface area contributed by atoms with Crippen LogP contribution < -0.4 is 10.2 Å². The van der Waals surface area contributed by atoms with E-state index in [2.05, 4.69) is 43.4 Å². The van der Waals surface area contributed by atoms with Gasteiger partial charge in [0.15, 0.2) is 5.82 Å². The molecule has 1 N–H and O–H groups in total. The van der Waals surface area contributed by atoms with Gasteiger partial charge >= 0.3 is 0 Å². The van der Waals surface area contributed by atoms with Crippen LogP contribution in [0.25, 0.3) is 11.3 Å². The molecule has 0 amide bonds. The standard InChI is InChI=1S/C20H22N6/c1-15(18-3-2-8-22-12-18)23-11-16-13-26(14-16)20-5-4-19(24-25-20)17-6-9-21-10-7-17/h2-10,12,15-16,23H,11,13-14H2,1H3. The number of hydrogen-bond donors (Lipinski definition) is 1. The van der Waals surface area contributed by atoms with E-state index in [9.17, 15) is 0 Å². The SMILES string of the molecule is CC(NCC1CN(c2ccc(-c3ccncc3)nn2)C1)c1cccnc1. The average Bonchev–Trinajstić information content (AvgIpc) is 2.68. The highest BCUT2D eigenvalue weighted by molar-refractivity contribution is 5.59. The van der Waals surface area contributed by atoms with Crippen molar-refractivity contribution >= 4 is 5.82 Å². The van der Waals surface area contributed by atoms with Gasteiger partial charge in [-0.2, -0.15) is 0 Å². The van der Waals surface area contributed by atoms with Crippen molar-refractivity contribution < 1.29 is 0 Å². The van der Waals surface area contributed by atoms with Crippen LogP contribution in [0.15, 0.2) is 61.2 Å². The quantitative estimate of drug-likeness (QED) is 0.740. The molecule has 132 valence electrons. The van der Waals surface area contributed by atoms with Gasteiger partial charge in [0.2, 0.25) is 0 Å². The zero-order chi connectivity index (χ0) is 17.8. The van der Waals surface area contributed by atoms with Crippen LogP contribution in [0.2, 0.25) is 0 Å². The van der Waals surface area contributed by atoms with Crippen molar-refractivity contribution in [2.24, 2.45) is 5.92 Å². The second-order valence-corrected chi connectivity index (χ2v) is 6.70. The maximum absolute atomic E-state index is 4.38. The maximum atomic E-state index is 4.38. The minimum Gasteiger partial charge on any atom is -0.354 e. The highest BCUT2D eigenvalue weighted by atomic mass is 15.3. The van der Waals surface area contributed by atoms with Crippen LogP contribution in [-0.2, 0) is 0 Å². The Morgan fingerprint density at radius 1 is 1.04 bits per heavy atom. The molecule has 3 aromatic heterocycles. The van der Waals surface area contributed by atoms with Crippen molar-refractivity contribution in [3.8, 4) is 11.3 Å². The summed E-state index contributed by atoms with van der Waals surface area (Å²) in [5.41, 5.74) is 3.13. The summed E-state index contributed by atoms with van der Waals surface area (Å²) in [6, 6.07) is 12.4. The molecule has 4 rings (SSSR count). The molecule has 26 heavy (non-hydrogen) atoms. The highest BCUT2D eigenvalue weighted by Gasteiger charge is 2.28. The summed E-state index contributed by atoms with van der Waals surface area (Å²) < 4.78 is 0. The van der Waals surface area contributed by atoms with Crippen molar-refractivity contribution in [3.63, 3.8) is 0 Å². The van der Waals surface area contributed by atoms with E-state index in [1.807, 2.05) is 36.5 Å². The summed E-state index contributed by atoms with van der Waals surface area (Å²) in [5.74, 6) is 1.58. The molecule has 1 fully saturated rings. The summed E-state index contributed by atoms with van der Waals surface area (Å²) in [6.07, 6.45) is 7.26. The van der Waals surface area contributed by atoms with E-state index in [0.29, 0.717) is 12.0 Å². The Bertz CT molecular complexity index is 816. The van der Waals surface area contributed by atoms with Gasteiger partial charge in [-0.1, -0.05) is 6.07 Å². The minimum absolute atomic E-state index is 0.317. The number of hydrogen-bond acceptors (Lipinski definition) is 6. The zero-order valence-electron chi connectivity index (χ0n) is 14.8. The Hall–Kier alpha value is -2.86. The molecular formula is C20H22N6. The van der Waals surface area contributed by atoms with Crippen molar-refractivity contribution in [2.45, 2.75) is 13.0 Å². The number of nitrogens with zero attached hydrogens (tertiary/aromatic N) is 5. The van der Waals surface area contributed by atoms with E-state index >= 15 is 0 Å². The van der Waals surface area contributed by atoms with Crippen LogP contribution in [0.5, 0.6) is 0 Å². The topological polar surface area (TPSA) is 66.8 Å². The van der Waals surface area contributed by atoms with Gasteiger partial charge in [-0.15, -0.1) is 10.2 Å². The van der Waals surface area contributed by atoms with E-state index in [4.69, 9.17) is 0 Å². The van der Waals surface area contributed by atoms with Gasteiger partial charge in [-0.25, -0.2) is 0 Å². The smallest absolute Gasteiger partial charge is 0.151 e. The average molecular weight is 346 g/mol. The number of aromatic nitrogens is 4. The molecule has 0 aromatic carbocycles. The summed E-state index contributed by atoms with van der Waals surface area (Å²) in [4.78, 5) is 10.5. The van der Waals surface area contributed by atoms with Crippen LogP contribution in [0, 0.1) is 5.92 Å². The van der Waals surface area contributed by atoms with Gasteiger partial charge in [0.25, 0.3) is 0 Å². The lowest BCUT2D eigenvalue weighted by molar-refractivity contribution is 0.366. The van der Waals surface area contributed by atoms with Crippen LogP contribution in [0.1, 0.15) is 18.5 Å². The van der Waals surface area contributed by atoms with Crippen molar-refractivity contribution in [2.75, 3.05) is 24.5 Å². The molecule has 0 saturated carbocycles. The van der Waals surface area contributed by atoms with Crippen LogP contribution in [0.4, 0.5) is 5.82 Å². The van der Waals surface area contributed by atoms with E-state index in [1.165, 1.54) is 5.56 Å². The molecule has 0 bridgehead atoms. The van der Waals surface area contributed by atoms with Gasteiger partial charge < -0.3 is 10.2 Å². The molecule has 1 atom stereocenters. The van der Waals surface area contributed by atoms with Crippen molar-refractivity contribution in [1.29, 1.82) is 0 Å².